The van der Waals surface area contributed by atoms with Crippen LogP contribution in [0.3, 0.4) is 0 Å². The van der Waals surface area contributed by atoms with Gasteiger partial charge in [0.25, 0.3) is 0 Å². The normalized spacial score (nSPS) is 20.5. The molecule has 1 atom stereocenters. The number of hydrogen-bond donors (Lipinski definition) is 1. The fraction of sp³-hybridized carbons (Fsp3) is 0.533. The summed E-state index contributed by atoms with van der Waals surface area (Å²) in [7, 11) is 0. The number of rotatable bonds is 8. The Kier molecular flexibility index (Phi) is 6.53. The molecule has 0 spiro atoms. The highest BCUT2D eigenvalue weighted by Gasteiger charge is 2.29. The molecule has 1 fully saturated rings. The minimum Gasteiger partial charge on any atom is -0.463 e. The average molecular weight is 307 g/mol. The van der Waals surface area contributed by atoms with E-state index in [-0.39, 0.29) is 11.2 Å². The molecular formula is C15H21N3O2S. The number of carbonyl (C=O) groups excluding carboxylic acids is 1. The molecule has 2 rings (SSSR count). The molecule has 0 bridgehead atoms. The first-order valence-electron chi connectivity index (χ1n) is 7.41. The van der Waals surface area contributed by atoms with Crippen LogP contribution in [0.25, 0.3) is 0 Å². The van der Waals surface area contributed by atoms with Gasteiger partial charge in [-0.3, -0.25) is 4.79 Å². The van der Waals surface area contributed by atoms with Crippen LogP contribution in [0.2, 0.25) is 0 Å². The Morgan fingerprint density at radius 2 is 2.24 bits per heavy atom. The zero-order chi connectivity index (χ0) is 14.9. The lowest BCUT2D eigenvalue weighted by molar-refractivity contribution is -0.118. The summed E-state index contributed by atoms with van der Waals surface area (Å²) in [5.41, 5.74) is 0. The molecule has 0 radical (unpaired) electrons. The zero-order valence-corrected chi connectivity index (χ0v) is 13.1. The Bertz CT molecular complexity index is 497. The van der Waals surface area contributed by atoms with E-state index < -0.39 is 0 Å². The molecule has 1 N–H and O–H groups in total. The van der Waals surface area contributed by atoms with Gasteiger partial charge in [-0.2, -0.15) is 5.10 Å². The van der Waals surface area contributed by atoms with E-state index in [0.29, 0.717) is 10.9 Å². The summed E-state index contributed by atoms with van der Waals surface area (Å²) in [6.45, 7) is 2.20. The Labute approximate surface area is 129 Å². The SMILES string of the molecule is CCCCCCCC1S/C(=N\N=Cc2ccco2)NC1=O. The van der Waals surface area contributed by atoms with Crippen molar-refractivity contribution in [1.29, 1.82) is 0 Å². The molecule has 0 aliphatic carbocycles. The van der Waals surface area contributed by atoms with Crippen molar-refractivity contribution in [3.05, 3.63) is 24.2 Å². The Morgan fingerprint density at radius 1 is 1.38 bits per heavy atom. The minimum atomic E-state index is -0.0239. The molecule has 21 heavy (non-hydrogen) atoms. The molecule has 1 aliphatic heterocycles. The predicted molar refractivity (Wildman–Crippen MR) is 86.6 cm³/mol. The summed E-state index contributed by atoms with van der Waals surface area (Å²) in [4.78, 5) is 11.8. The number of nitrogens with one attached hydrogen (secondary N) is 1. The van der Waals surface area contributed by atoms with E-state index in [1.54, 1.807) is 18.4 Å². The van der Waals surface area contributed by atoms with E-state index in [1.165, 1.54) is 43.7 Å². The first kappa shape index (κ1) is 15.8. The van der Waals surface area contributed by atoms with E-state index in [1.807, 2.05) is 0 Å². The number of carbonyl (C=O) groups is 1. The fourth-order valence-electron chi connectivity index (χ4n) is 2.08. The number of furan rings is 1. The molecule has 6 heteroatoms. The van der Waals surface area contributed by atoms with E-state index in [4.69, 9.17) is 4.42 Å². The van der Waals surface area contributed by atoms with Gasteiger partial charge in [0.2, 0.25) is 5.91 Å². The summed E-state index contributed by atoms with van der Waals surface area (Å²) in [5.74, 6) is 0.684. The van der Waals surface area contributed by atoms with Crippen LogP contribution in [0.5, 0.6) is 0 Å². The van der Waals surface area contributed by atoms with Gasteiger partial charge in [0.15, 0.2) is 5.17 Å². The molecule has 1 unspecified atom stereocenters. The topological polar surface area (TPSA) is 67.0 Å². The Balaban J connectivity index is 1.74. The second-order valence-electron chi connectivity index (χ2n) is 4.96. The maximum absolute atomic E-state index is 11.8. The van der Waals surface area contributed by atoms with Crippen LogP contribution >= 0.6 is 11.8 Å². The van der Waals surface area contributed by atoms with Crippen molar-refractivity contribution in [2.75, 3.05) is 0 Å². The van der Waals surface area contributed by atoms with Crippen molar-refractivity contribution in [3.63, 3.8) is 0 Å². The summed E-state index contributed by atoms with van der Waals surface area (Å²) in [6.07, 6.45) is 10.1. The molecular weight excluding hydrogens is 286 g/mol. The maximum Gasteiger partial charge on any atom is 0.239 e. The number of amidine groups is 1. The van der Waals surface area contributed by atoms with Gasteiger partial charge < -0.3 is 9.73 Å². The predicted octanol–water partition coefficient (Wildman–Crippen LogP) is 3.56. The molecule has 1 aliphatic rings. The van der Waals surface area contributed by atoms with Crippen molar-refractivity contribution < 1.29 is 9.21 Å². The lowest BCUT2D eigenvalue weighted by Crippen LogP contribution is -2.24. The zero-order valence-electron chi connectivity index (χ0n) is 12.2. The van der Waals surface area contributed by atoms with Crippen molar-refractivity contribution in [3.8, 4) is 0 Å². The van der Waals surface area contributed by atoms with Gasteiger partial charge in [0, 0.05) is 0 Å². The van der Waals surface area contributed by atoms with Gasteiger partial charge in [-0.1, -0.05) is 50.8 Å². The number of unbranched alkanes of at least 4 members (excludes halogenated alkanes) is 4. The first-order chi connectivity index (χ1) is 10.3. The van der Waals surface area contributed by atoms with Gasteiger partial charge >= 0.3 is 0 Å². The monoisotopic (exact) mass is 307 g/mol. The quantitative estimate of drug-likeness (QED) is 0.453. The van der Waals surface area contributed by atoms with E-state index >= 15 is 0 Å². The van der Waals surface area contributed by atoms with Crippen molar-refractivity contribution in [2.45, 2.75) is 50.7 Å². The Hall–Kier alpha value is -1.56. The van der Waals surface area contributed by atoms with E-state index in [9.17, 15) is 4.79 Å². The third kappa shape index (κ3) is 5.38. The van der Waals surface area contributed by atoms with Gasteiger partial charge in [-0.25, -0.2) is 0 Å². The first-order valence-corrected chi connectivity index (χ1v) is 8.29. The summed E-state index contributed by atoms with van der Waals surface area (Å²) in [5, 5.41) is 11.2. The molecule has 1 aromatic heterocycles. The largest absolute Gasteiger partial charge is 0.463 e. The number of amides is 1. The molecule has 114 valence electrons. The molecule has 1 aromatic rings. The van der Waals surface area contributed by atoms with E-state index in [2.05, 4.69) is 22.4 Å². The van der Waals surface area contributed by atoms with Gasteiger partial charge in [-0.05, 0) is 18.6 Å². The highest BCUT2D eigenvalue weighted by molar-refractivity contribution is 8.15. The molecule has 1 amide bonds. The highest BCUT2D eigenvalue weighted by Crippen LogP contribution is 2.24. The van der Waals surface area contributed by atoms with Crippen LogP contribution in [-0.2, 0) is 4.79 Å². The van der Waals surface area contributed by atoms with Crippen LogP contribution in [0.4, 0.5) is 0 Å². The van der Waals surface area contributed by atoms with Crippen molar-refractivity contribution >= 4 is 29.1 Å². The second-order valence-corrected chi connectivity index (χ2v) is 6.16. The third-order valence-electron chi connectivity index (χ3n) is 3.22. The third-order valence-corrected chi connectivity index (χ3v) is 4.36. The van der Waals surface area contributed by atoms with Crippen LogP contribution in [-0.4, -0.2) is 22.5 Å². The molecule has 5 nitrogen and oxygen atoms in total. The lowest BCUT2D eigenvalue weighted by atomic mass is 10.1. The summed E-state index contributed by atoms with van der Waals surface area (Å²) >= 11 is 1.46. The van der Waals surface area contributed by atoms with Gasteiger partial charge in [-0.15, -0.1) is 5.10 Å². The number of nitrogens with zero attached hydrogens (tertiary/aromatic N) is 2. The van der Waals surface area contributed by atoms with Crippen LogP contribution < -0.4 is 5.32 Å². The van der Waals surface area contributed by atoms with Crippen molar-refractivity contribution in [2.24, 2.45) is 10.2 Å². The highest BCUT2D eigenvalue weighted by atomic mass is 32.2. The summed E-state index contributed by atoms with van der Waals surface area (Å²) in [6, 6.07) is 3.58. The van der Waals surface area contributed by atoms with Crippen LogP contribution in [0.15, 0.2) is 33.0 Å². The number of hydrogen-bond acceptors (Lipinski definition) is 5. The average Bonchev–Trinajstić information content (AvgIpc) is 3.09. The molecule has 1 saturated heterocycles. The van der Waals surface area contributed by atoms with Crippen LogP contribution in [0.1, 0.15) is 51.2 Å². The fourth-order valence-corrected chi connectivity index (χ4v) is 3.05. The van der Waals surface area contributed by atoms with E-state index in [0.717, 1.165) is 12.8 Å². The van der Waals surface area contributed by atoms with Gasteiger partial charge in [0.05, 0.1) is 17.7 Å². The van der Waals surface area contributed by atoms with Crippen LogP contribution in [0, 0.1) is 0 Å². The molecule has 0 aromatic carbocycles. The Morgan fingerprint density at radius 3 is 3.00 bits per heavy atom. The second kappa shape index (κ2) is 8.67. The lowest BCUT2D eigenvalue weighted by Gasteiger charge is -2.04. The van der Waals surface area contributed by atoms with Gasteiger partial charge in [0.1, 0.15) is 5.76 Å². The number of thioether (sulfide) groups is 1. The molecule has 2 heterocycles. The smallest absolute Gasteiger partial charge is 0.239 e. The minimum absolute atomic E-state index is 0.0239. The van der Waals surface area contributed by atoms with Crippen molar-refractivity contribution in [1.82, 2.24) is 5.32 Å². The molecule has 0 saturated carbocycles. The summed E-state index contributed by atoms with van der Waals surface area (Å²) < 4.78 is 5.11. The maximum atomic E-state index is 11.8. The standard InChI is InChI=1S/C15H21N3O2S/c1-2-3-4-5-6-9-13-14(19)17-15(21-13)18-16-11-12-8-7-10-20-12/h7-8,10-11,13H,2-6,9H2,1H3,(H,17,18,19).